The molecule has 0 aliphatic rings. The first-order chi connectivity index (χ1) is 44.2. The summed E-state index contributed by atoms with van der Waals surface area (Å²) in [4.78, 5) is 4.06. The zero-order valence-corrected chi connectivity index (χ0v) is 39.8. The van der Waals surface area contributed by atoms with Gasteiger partial charge in [-0.15, -0.1) is 22.7 Å². The predicted molar refractivity (Wildman–Crippen MR) is 314 cm³/mol. The molecule has 11 aromatic carbocycles. The fraction of sp³-hybridized carbons (Fsp3) is 0. The maximum absolute atomic E-state index is 12.6. The van der Waals surface area contributed by atoms with Gasteiger partial charge in [-0.1, -0.05) is 218 Å². The Hall–Kier alpha value is -9.56. The van der Waals surface area contributed by atoms with E-state index < -0.39 is 175 Å². The number of hydrogen-bond acceptors (Lipinski definition) is 3. The summed E-state index contributed by atoms with van der Waals surface area (Å²) in [5.74, 6) is 0. The van der Waals surface area contributed by atoms with Crippen LogP contribution < -0.4 is 0 Å². The van der Waals surface area contributed by atoms with Gasteiger partial charge >= 0.3 is 0 Å². The van der Waals surface area contributed by atoms with Crippen molar-refractivity contribution in [1.82, 2.24) is 9.13 Å². The fourth-order valence-electron chi connectivity index (χ4n) is 10.8. The first-order valence-electron chi connectivity index (χ1n) is 32.2. The topological polar surface area (TPSA) is 38.0 Å². The van der Waals surface area contributed by atoms with E-state index in [9.17, 15) is 28.3 Å². The molecule has 0 amide bonds. The monoisotopic (exact) mass is 992 g/mol. The standard InChI is InChI=1S/C68H38N4S2/c1-70-60-58(43-24-10-4-11-25-43)55(40-69)61(59(44-26-12-5-13-27-44)64(60)71-56-34-16-14-28-47(56)48-29-15-17-35-57(48)71)72-62-49(36-38-53-51-32-18-30-45(65(51)73-67(53)62)41-20-6-2-7-21-41)50-37-39-54-52-33-19-31-46(42-22-8-3-9-23-42)66(52)74-68(54)63(50)72/h2-39H/i4D,5D,10D,11D,12D,13D,14D,15D,16D,17D,24D,25D,26D,27D,28D,29D,34D,35D. The molecule has 0 radical (unpaired) electrons. The molecule has 0 unspecified atom stereocenters. The van der Waals surface area contributed by atoms with Crippen LogP contribution in [0.25, 0.3) is 145 Å². The van der Waals surface area contributed by atoms with Crippen LogP contribution in [0.15, 0.2) is 230 Å². The van der Waals surface area contributed by atoms with Gasteiger partial charge in [0.2, 0.25) is 5.69 Å². The highest BCUT2D eigenvalue weighted by atomic mass is 32.1. The van der Waals surface area contributed by atoms with E-state index in [4.69, 9.17) is 8.22 Å². The highest BCUT2D eigenvalue weighted by Crippen LogP contribution is 2.55. The van der Waals surface area contributed by atoms with Gasteiger partial charge in [0.1, 0.15) is 6.07 Å². The summed E-state index contributed by atoms with van der Waals surface area (Å²) in [5, 5.41) is 15.8. The van der Waals surface area contributed by atoms with Gasteiger partial charge in [-0.3, -0.25) is 0 Å². The molecule has 4 heterocycles. The number of hydrogen-bond donors (Lipinski definition) is 0. The number of benzene rings is 11. The van der Waals surface area contributed by atoms with Crippen LogP contribution in [-0.4, -0.2) is 9.13 Å². The molecule has 15 rings (SSSR count). The van der Waals surface area contributed by atoms with Crippen molar-refractivity contribution in [2.24, 2.45) is 0 Å². The van der Waals surface area contributed by atoms with Crippen LogP contribution in [0.2, 0.25) is 0 Å². The number of nitrogens with zero attached hydrogens (tertiary/aromatic N) is 4. The Morgan fingerprint density at radius 2 is 0.851 bits per heavy atom. The molecule has 0 saturated heterocycles. The van der Waals surface area contributed by atoms with Gasteiger partial charge in [-0.2, -0.15) is 5.26 Å². The van der Waals surface area contributed by atoms with E-state index in [1.165, 1.54) is 22.7 Å². The summed E-state index contributed by atoms with van der Waals surface area (Å²) in [5.41, 5.74) is -2.08. The smallest absolute Gasteiger partial charge is 0.220 e. The van der Waals surface area contributed by atoms with Gasteiger partial charge in [0.25, 0.3) is 0 Å². The minimum Gasteiger partial charge on any atom is -0.318 e. The van der Waals surface area contributed by atoms with Crippen LogP contribution in [-0.2, 0) is 0 Å². The summed E-state index contributed by atoms with van der Waals surface area (Å²) < 4.78 is 175. The minimum absolute atomic E-state index is 0.357. The van der Waals surface area contributed by atoms with Crippen molar-refractivity contribution in [2.75, 3.05) is 0 Å². The van der Waals surface area contributed by atoms with E-state index in [0.717, 1.165) is 47.0 Å². The van der Waals surface area contributed by atoms with Gasteiger partial charge in [0.15, 0.2) is 0 Å². The molecule has 0 aliphatic carbocycles. The van der Waals surface area contributed by atoms with E-state index in [0.29, 0.717) is 42.0 Å². The van der Waals surface area contributed by atoms with Crippen molar-refractivity contribution in [3.8, 4) is 62.0 Å². The van der Waals surface area contributed by atoms with E-state index in [2.05, 4.69) is 10.9 Å². The molecule has 6 heteroatoms. The van der Waals surface area contributed by atoms with Crippen molar-refractivity contribution >= 4 is 112 Å². The van der Waals surface area contributed by atoms with Gasteiger partial charge in [-0.05, 0) is 45.5 Å². The highest BCUT2D eigenvalue weighted by Gasteiger charge is 2.33. The summed E-state index contributed by atoms with van der Waals surface area (Å²) in [6, 6.07) is 25.7. The molecule has 0 fully saturated rings. The third-order valence-electron chi connectivity index (χ3n) is 13.8. The Balaban J connectivity index is 1.33. The Morgan fingerprint density at radius 1 is 0.405 bits per heavy atom. The highest BCUT2D eigenvalue weighted by molar-refractivity contribution is 7.28. The van der Waals surface area contributed by atoms with Crippen LogP contribution in [0.4, 0.5) is 5.69 Å². The lowest BCUT2D eigenvalue weighted by atomic mass is 9.88. The first-order valence-corrected chi connectivity index (χ1v) is 24.8. The van der Waals surface area contributed by atoms with Crippen LogP contribution in [0, 0.1) is 17.9 Å². The quantitative estimate of drug-likeness (QED) is 0.153. The molecular formula is C68H38N4S2. The van der Waals surface area contributed by atoms with Gasteiger partial charge in [0, 0.05) is 63.6 Å². The third-order valence-corrected chi connectivity index (χ3v) is 16.3. The molecule has 0 aliphatic heterocycles. The summed E-state index contributed by atoms with van der Waals surface area (Å²) >= 11 is 2.80. The third kappa shape index (κ3) is 5.99. The second-order valence-electron chi connectivity index (χ2n) is 17.5. The molecule has 0 bridgehead atoms. The van der Waals surface area contributed by atoms with Gasteiger partial charge in [0.05, 0.1) is 79.7 Å². The SMILES string of the molecule is [2H]c1c([2H])c([2H])c(-c2c(C#N)c(-n3c4c(ccc5c6cccc(-c7ccccc7)c6sc54)c4ccc5c6cccc(-c7ccccc7)c6sc5c43)c(-c3c([2H])c([2H])c([2H])c([2H])c3[2H])c(-n3c4c([2H])c([2H])c([2H])c([2H])c4c4c([2H])c([2H])c([2H])c([2H])c43)c2[N+]#[C-])c([2H])c1[2H]. The maximum Gasteiger partial charge on any atom is 0.220 e. The largest absolute Gasteiger partial charge is 0.318 e. The molecule has 0 N–H and O–H groups in total. The van der Waals surface area contributed by atoms with Crippen LogP contribution >= 0.6 is 22.7 Å². The second kappa shape index (κ2) is 16.5. The van der Waals surface area contributed by atoms with Crippen molar-refractivity contribution in [1.29, 1.82) is 5.26 Å². The number of para-hydroxylation sites is 2. The first kappa shape index (κ1) is 27.9. The molecule has 4 nitrogen and oxygen atoms in total. The Kier molecular flexibility index (Phi) is 6.22. The lowest BCUT2D eigenvalue weighted by Gasteiger charge is -2.26. The molecular weight excluding hydrogens is 937 g/mol. The van der Waals surface area contributed by atoms with Crippen LogP contribution in [0.5, 0.6) is 0 Å². The van der Waals surface area contributed by atoms with Crippen molar-refractivity contribution in [2.45, 2.75) is 0 Å². The van der Waals surface area contributed by atoms with Gasteiger partial charge in [-0.25, -0.2) is 4.85 Å². The number of fused-ring (bicyclic) bond motifs is 14. The Bertz CT molecular complexity index is 5710. The average molecular weight is 993 g/mol. The van der Waals surface area contributed by atoms with Crippen molar-refractivity contribution < 1.29 is 24.7 Å². The number of aromatic nitrogens is 2. The number of nitriles is 1. The Morgan fingerprint density at radius 3 is 1.34 bits per heavy atom. The lowest BCUT2D eigenvalue weighted by molar-refractivity contribution is 1.14. The molecule has 0 spiro atoms. The summed E-state index contributed by atoms with van der Waals surface area (Å²) in [6.45, 7) is 9.46. The molecule has 15 aromatic rings. The lowest BCUT2D eigenvalue weighted by Crippen LogP contribution is -2.09. The summed E-state index contributed by atoms with van der Waals surface area (Å²) in [6.07, 6.45) is 0. The molecule has 4 aromatic heterocycles. The molecule has 0 saturated carbocycles. The number of thiophene rings is 2. The van der Waals surface area contributed by atoms with E-state index in [-0.39, 0.29) is 0 Å². The fourth-order valence-corrected chi connectivity index (χ4v) is 13.6. The normalized spacial score (nSPS) is 15.2. The van der Waals surface area contributed by atoms with Crippen LogP contribution in [0.3, 0.4) is 0 Å². The Labute approximate surface area is 458 Å². The van der Waals surface area contributed by atoms with E-state index in [1.54, 1.807) is 4.57 Å². The molecule has 74 heavy (non-hydrogen) atoms. The minimum atomic E-state index is -0.904. The van der Waals surface area contributed by atoms with Gasteiger partial charge < -0.3 is 9.13 Å². The maximum atomic E-state index is 12.6. The molecule has 342 valence electrons. The summed E-state index contributed by atoms with van der Waals surface area (Å²) in [7, 11) is 0. The van der Waals surface area contributed by atoms with Crippen molar-refractivity contribution in [3.05, 3.63) is 247 Å². The number of rotatable bonds is 6. The van der Waals surface area contributed by atoms with Crippen molar-refractivity contribution in [3.63, 3.8) is 0 Å². The average Bonchev–Trinajstić information content (AvgIpc) is 1.45. The van der Waals surface area contributed by atoms with E-state index in [1.807, 2.05) is 121 Å². The second-order valence-corrected chi connectivity index (χ2v) is 19.5. The zero-order chi connectivity index (χ0) is 64.7. The zero-order valence-electron chi connectivity index (χ0n) is 56.2. The van der Waals surface area contributed by atoms with Crippen LogP contribution in [0.1, 0.15) is 30.2 Å². The van der Waals surface area contributed by atoms with E-state index >= 15 is 0 Å². The molecule has 0 atom stereocenters. The predicted octanol–water partition coefficient (Wildman–Crippen LogP) is 19.7.